The quantitative estimate of drug-likeness (QED) is 0.748. The predicted octanol–water partition coefficient (Wildman–Crippen LogP) is 4.87. The molecule has 0 aromatic heterocycles. The monoisotopic (exact) mass is 334 g/mol. The van der Waals surface area contributed by atoms with E-state index in [1.165, 1.54) is 0 Å². The molecule has 2 aromatic rings. The van der Waals surface area contributed by atoms with Gasteiger partial charge in [-0.15, -0.1) is 0 Å². The van der Waals surface area contributed by atoms with Crippen LogP contribution in [0.3, 0.4) is 0 Å². The number of nitrogens with zero attached hydrogens (tertiary/aromatic N) is 2. The summed E-state index contributed by atoms with van der Waals surface area (Å²) in [6.07, 6.45) is 0. The Hall–Kier alpha value is -1.50. The second-order valence-corrected chi connectivity index (χ2v) is 5.07. The Kier molecular flexibility index (Phi) is 4.47. The van der Waals surface area contributed by atoms with Gasteiger partial charge in [-0.3, -0.25) is 0 Å². The van der Waals surface area contributed by atoms with Crippen molar-refractivity contribution in [2.45, 2.75) is 5.33 Å². The molecule has 0 aliphatic carbocycles. The molecule has 2 aromatic carbocycles. The van der Waals surface area contributed by atoms with Gasteiger partial charge >= 0.3 is 0 Å². The van der Waals surface area contributed by atoms with Crippen LogP contribution in [-0.2, 0) is 5.33 Å². The van der Waals surface area contributed by atoms with Gasteiger partial charge in [0.15, 0.2) is 0 Å². The second kappa shape index (κ2) is 6.10. The summed E-state index contributed by atoms with van der Waals surface area (Å²) < 4.78 is 0. The van der Waals surface area contributed by atoms with E-state index in [2.05, 4.69) is 22.0 Å². The molecule has 0 saturated heterocycles. The van der Waals surface area contributed by atoms with Crippen LogP contribution in [0.5, 0.6) is 0 Å². The number of rotatable bonds is 3. The fourth-order valence-electron chi connectivity index (χ4n) is 1.85. The highest BCUT2D eigenvalue weighted by Crippen LogP contribution is 2.30. The summed E-state index contributed by atoms with van der Waals surface area (Å²) in [6.45, 7) is 0. The molecular formula is C15H12BrClN2. The first-order valence-electron chi connectivity index (χ1n) is 5.74. The molecular weight excluding hydrogens is 324 g/mol. The van der Waals surface area contributed by atoms with E-state index in [0.717, 1.165) is 27.3 Å². The summed E-state index contributed by atoms with van der Waals surface area (Å²) >= 11 is 9.61. The predicted molar refractivity (Wildman–Crippen MR) is 83.3 cm³/mol. The summed E-state index contributed by atoms with van der Waals surface area (Å²) in [4.78, 5) is 1.96. The molecule has 0 atom stereocenters. The van der Waals surface area contributed by atoms with Crippen LogP contribution in [0.2, 0.25) is 5.02 Å². The zero-order valence-corrected chi connectivity index (χ0v) is 12.7. The van der Waals surface area contributed by atoms with E-state index >= 15 is 0 Å². The molecule has 19 heavy (non-hydrogen) atoms. The lowest BCUT2D eigenvalue weighted by atomic mass is 10.1. The third-order valence-corrected chi connectivity index (χ3v) is 3.91. The minimum absolute atomic E-state index is 0.644. The van der Waals surface area contributed by atoms with Crippen molar-refractivity contribution >= 4 is 38.9 Å². The largest absolute Gasteiger partial charge is 0.344 e. The van der Waals surface area contributed by atoms with E-state index in [0.29, 0.717) is 5.56 Å². The van der Waals surface area contributed by atoms with Crippen molar-refractivity contribution in [3.8, 4) is 6.07 Å². The molecule has 4 heteroatoms. The van der Waals surface area contributed by atoms with Gasteiger partial charge in [-0.05, 0) is 29.8 Å². The Morgan fingerprint density at radius 3 is 2.63 bits per heavy atom. The van der Waals surface area contributed by atoms with Crippen molar-refractivity contribution in [1.82, 2.24) is 0 Å². The fraction of sp³-hybridized carbons (Fsp3) is 0.133. The first kappa shape index (κ1) is 13.9. The number of halogens is 2. The second-order valence-electron chi connectivity index (χ2n) is 4.10. The van der Waals surface area contributed by atoms with Gasteiger partial charge in [0.2, 0.25) is 0 Å². The van der Waals surface area contributed by atoms with Crippen molar-refractivity contribution in [3.05, 3.63) is 58.6 Å². The Morgan fingerprint density at radius 1 is 1.26 bits per heavy atom. The average Bonchev–Trinajstić information content (AvgIpc) is 2.46. The molecule has 0 aliphatic rings. The molecule has 2 nitrogen and oxygen atoms in total. The molecule has 0 heterocycles. The molecule has 0 spiro atoms. The average molecular weight is 336 g/mol. The summed E-state index contributed by atoms with van der Waals surface area (Å²) in [5, 5.41) is 10.6. The van der Waals surface area contributed by atoms with Gasteiger partial charge in [-0.2, -0.15) is 5.26 Å². The van der Waals surface area contributed by atoms with Crippen LogP contribution >= 0.6 is 27.5 Å². The Bertz CT molecular complexity index is 634. The van der Waals surface area contributed by atoms with Gasteiger partial charge in [-0.1, -0.05) is 45.7 Å². The number of anilines is 2. The minimum atomic E-state index is 0.644. The Morgan fingerprint density at radius 2 is 2.00 bits per heavy atom. The Balaban J connectivity index is 2.42. The highest BCUT2D eigenvalue weighted by molar-refractivity contribution is 9.08. The van der Waals surface area contributed by atoms with Crippen molar-refractivity contribution in [3.63, 3.8) is 0 Å². The summed E-state index contributed by atoms with van der Waals surface area (Å²) in [5.41, 5.74) is 3.52. The Labute approximate surface area is 126 Å². The number of hydrogen-bond donors (Lipinski definition) is 0. The van der Waals surface area contributed by atoms with Crippen LogP contribution < -0.4 is 4.90 Å². The van der Waals surface area contributed by atoms with Gasteiger partial charge < -0.3 is 4.90 Å². The smallest absolute Gasteiger partial charge is 0.101 e. The number of benzene rings is 2. The first-order valence-corrected chi connectivity index (χ1v) is 7.24. The number of para-hydroxylation sites is 1. The molecule has 0 saturated carbocycles. The molecule has 2 rings (SSSR count). The maximum absolute atomic E-state index is 9.14. The standard InChI is InChI=1S/C15H12BrClN2/c1-19(15-5-3-2-4-12(15)10-18)13-7-6-11(9-16)14(17)8-13/h2-8H,9H2,1H3. The molecule has 0 aliphatic heterocycles. The van der Waals surface area contributed by atoms with Crippen molar-refractivity contribution < 1.29 is 0 Å². The van der Waals surface area contributed by atoms with E-state index < -0.39 is 0 Å². The lowest BCUT2D eigenvalue weighted by Crippen LogP contribution is -2.11. The third-order valence-electron chi connectivity index (χ3n) is 2.95. The van der Waals surface area contributed by atoms with Crippen molar-refractivity contribution in [1.29, 1.82) is 5.26 Å². The number of hydrogen-bond acceptors (Lipinski definition) is 2. The third kappa shape index (κ3) is 2.91. The minimum Gasteiger partial charge on any atom is -0.344 e. The van der Waals surface area contributed by atoms with Gasteiger partial charge in [-0.25, -0.2) is 0 Å². The molecule has 0 amide bonds. The van der Waals surface area contributed by atoms with Crippen molar-refractivity contribution in [2.24, 2.45) is 0 Å². The summed E-state index contributed by atoms with van der Waals surface area (Å²) in [7, 11) is 1.93. The maximum Gasteiger partial charge on any atom is 0.101 e. The molecule has 0 bridgehead atoms. The highest BCUT2D eigenvalue weighted by Gasteiger charge is 2.10. The normalized spacial score (nSPS) is 10.0. The van der Waals surface area contributed by atoms with E-state index in [-0.39, 0.29) is 0 Å². The van der Waals surface area contributed by atoms with Crippen LogP contribution in [0.1, 0.15) is 11.1 Å². The van der Waals surface area contributed by atoms with Crippen LogP contribution in [0.15, 0.2) is 42.5 Å². The van der Waals surface area contributed by atoms with Crippen LogP contribution in [0.25, 0.3) is 0 Å². The van der Waals surface area contributed by atoms with Gasteiger partial charge in [0, 0.05) is 23.1 Å². The summed E-state index contributed by atoms with van der Waals surface area (Å²) in [5.74, 6) is 0. The molecule has 0 fully saturated rings. The molecule has 0 radical (unpaired) electrons. The highest BCUT2D eigenvalue weighted by atomic mass is 79.9. The van der Waals surface area contributed by atoms with E-state index in [9.17, 15) is 0 Å². The lowest BCUT2D eigenvalue weighted by Gasteiger charge is -2.21. The number of nitriles is 1. The van der Waals surface area contributed by atoms with E-state index in [4.69, 9.17) is 16.9 Å². The molecule has 0 N–H and O–H groups in total. The van der Waals surface area contributed by atoms with Crippen molar-refractivity contribution in [2.75, 3.05) is 11.9 Å². The van der Waals surface area contributed by atoms with Crippen LogP contribution in [0.4, 0.5) is 11.4 Å². The zero-order valence-electron chi connectivity index (χ0n) is 10.4. The van der Waals surface area contributed by atoms with E-state index in [1.807, 2.05) is 48.3 Å². The van der Waals surface area contributed by atoms with E-state index in [1.54, 1.807) is 6.07 Å². The zero-order chi connectivity index (χ0) is 13.8. The van der Waals surface area contributed by atoms with Gasteiger partial charge in [0.1, 0.15) is 6.07 Å². The molecule has 96 valence electrons. The first-order chi connectivity index (χ1) is 9.17. The fourth-order valence-corrected chi connectivity index (χ4v) is 2.74. The van der Waals surface area contributed by atoms with Gasteiger partial charge in [0.05, 0.1) is 11.3 Å². The van der Waals surface area contributed by atoms with Crippen LogP contribution in [0, 0.1) is 11.3 Å². The van der Waals surface area contributed by atoms with Crippen LogP contribution in [-0.4, -0.2) is 7.05 Å². The molecule has 0 unspecified atom stereocenters. The topological polar surface area (TPSA) is 27.0 Å². The number of alkyl halides is 1. The summed E-state index contributed by atoms with van der Waals surface area (Å²) in [6, 6.07) is 15.6. The SMILES string of the molecule is CN(c1ccc(CBr)c(Cl)c1)c1ccccc1C#N. The lowest BCUT2D eigenvalue weighted by molar-refractivity contribution is 1.19. The van der Waals surface area contributed by atoms with Gasteiger partial charge in [0.25, 0.3) is 0 Å². The maximum atomic E-state index is 9.14.